The summed E-state index contributed by atoms with van der Waals surface area (Å²) in [5.74, 6) is -1.33. The number of benzene rings is 1. The highest BCUT2D eigenvalue weighted by Gasteiger charge is 2.31. The predicted molar refractivity (Wildman–Crippen MR) is 94.6 cm³/mol. The number of amides is 2. The Morgan fingerprint density at radius 2 is 1.77 bits per heavy atom. The largest absolute Gasteiger partial charge is 0.338 e. The fourth-order valence-corrected chi connectivity index (χ4v) is 3.99. The molecule has 7 nitrogen and oxygen atoms in total. The lowest BCUT2D eigenvalue weighted by molar-refractivity contribution is -0.124. The third kappa shape index (κ3) is 4.08. The van der Waals surface area contributed by atoms with Crippen molar-refractivity contribution in [3.8, 4) is 0 Å². The molecule has 136 valence electrons. The summed E-state index contributed by atoms with van der Waals surface area (Å²) in [6, 6.07) is 11.0. The van der Waals surface area contributed by atoms with Crippen molar-refractivity contribution in [2.45, 2.75) is 17.7 Å². The van der Waals surface area contributed by atoms with Crippen LogP contribution in [0.4, 0.5) is 0 Å². The molecule has 0 radical (unpaired) electrons. The normalized spacial score (nSPS) is 17.5. The third-order valence-corrected chi connectivity index (χ3v) is 5.66. The Labute approximate surface area is 152 Å². The van der Waals surface area contributed by atoms with Crippen molar-refractivity contribution in [2.75, 3.05) is 13.1 Å². The Bertz CT molecular complexity index is 885. The first-order chi connectivity index (χ1) is 12.5. The molecule has 26 heavy (non-hydrogen) atoms. The molecular formula is C18H19N3O4S. The van der Waals surface area contributed by atoms with Crippen molar-refractivity contribution < 1.29 is 18.0 Å². The molecular weight excluding hydrogens is 354 g/mol. The first-order valence-electron chi connectivity index (χ1n) is 8.28. The summed E-state index contributed by atoms with van der Waals surface area (Å²) in [7, 11) is -3.91. The van der Waals surface area contributed by atoms with E-state index < -0.39 is 21.8 Å². The molecule has 1 fully saturated rings. The summed E-state index contributed by atoms with van der Waals surface area (Å²) in [4.78, 5) is 30.5. The van der Waals surface area contributed by atoms with Crippen molar-refractivity contribution in [1.29, 1.82) is 0 Å². The first kappa shape index (κ1) is 18.1. The van der Waals surface area contributed by atoms with Crippen molar-refractivity contribution in [3.05, 3.63) is 60.4 Å². The van der Waals surface area contributed by atoms with Gasteiger partial charge in [0, 0.05) is 31.0 Å². The number of rotatable bonds is 4. The van der Waals surface area contributed by atoms with Gasteiger partial charge in [-0.05, 0) is 37.1 Å². The summed E-state index contributed by atoms with van der Waals surface area (Å²) in [5.41, 5.74) is 0.498. The van der Waals surface area contributed by atoms with Crippen LogP contribution in [0, 0.1) is 5.92 Å². The van der Waals surface area contributed by atoms with Crippen LogP contribution < -0.4 is 4.72 Å². The predicted octanol–water partition coefficient (Wildman–Crippen LogP) is 1.44. The maximum absolute atomic E-state index is 12.5. The molecule has 1 aromatic heterocycles. The highest BCUT2D eigenvalue weighted by molar-refractivity contribution is 7.90. The number of nitrogens with zero attached hydrogens (tertiary/aromatic N) is 2. The van der Waals surface area contributed by atoms with Crippen LogP contribution in [0.25, 0.3) is 0 Å². The molecule has 1 aliphatic heterocycles. The van der Waals surface area contributed by atoms with Gasteiger partial charge in [0.2, 0.25) is 5.91 Å². The molecule has 0 saturated carbocycles. The van der Waals surface area contributed by atoms with Crippen molar-refractivity contribution in [3.63, 3.8) is 0 Å². The van der Waals surface area contributed by atoms with Crippen molar-refractivity contribution in [2.24, 2.45) is 5.92 Å². The smallest absolute Gasteiger partial charge is 0.264 e. The average molecular weight is 373 g/mol. The van der Waals surface area contributed by atoms with Gasteiger partial charge in [-0.3, -0.25) is 14.6 Å². The van der Waals surface area contributed by atoms with E-state index in [1.54, 1.807) is 35.2 Å². The maximum atomic E-state index is 12.5. The van der Waals surface area contributed by atoms with Gasteiger partial charge in [0.25, 0.3) is 15.9 Å². The molecule has 2 heterocycles. The van der Waals surface area contributed by atoms with Gasteiger partial charge < -0.3 is 4.90 Å². The van der Waals surface area contributed by atoms with E-state index in [2.05, 4.69) is 9.71 Å². The fraction of sp³-hybridized carbons (Fsp3) is 0.278. The Balaban J connectivity index is 1.68. The lowest BCUT2D eigenvalue weighted by Crippen LogP contribution is -2.46. The van der Waals surface area contributed by atoms with Gasteiger partial charge in [0.1, 0.15) is 0 Å². The second-order valence-corrected chi connectivity index (χ2v) is 7.79. The number of nitrogens with one attached hydrogen (secondary N) is 1. The van der Waals surface area contributed by atoms with Crippen LogP contribution in [0.5, 0.6) is 0 Å². The molecule has 0 aliphatic carbocycles. The second-order valence-electron chi connectivity index (χ2n) is 6.11. The van der Waals surface area contributed by atoms with Gasteiger partial charge in [-0.2, -0.15) is 0 Å². The fourth-order valence-electron chi connectivity index (χ4n) is 2.93. The average Bonchev–Trinajstić information content (AvgIpc) is 2.68. The van der Waals surface area contributed by atoms with E-state index in [4.69, 9.17) is 0 Å². The Morgan fingerprint density at radius 1 is 1.08 bits per heavy atom. The van der Waals surface area contributed by atoms with Crippen LogP contribution in [-0.4, -0.2) is 43.2 Å². The Kier molecular flexibility index (Phi) is 5.32. The van der Waals surface area contributed by atoms with Crippen molar-refractivity contribution >= 4 is 21.8 Å². The van der Waals surface area contributed by atoms with E-state index in [-0.39, 0.29) is 17.3 Å². The van der Waals surface area contributed by atoms with E-state index in [1.807, 2.05) is 0 Å². The van der Waals surface area contributed by atoms with Crippen LogP contribution >= 0.6 is 0 Å². The Morgan fingerprint density at radius 3 is 2.46 bits per heavy atom. The molecule has 2 amide bonds. The maximum Gasteiger partial charge on any atom is 0.264 e. The lowest BCUT2D eigenvalue weighted by atomic mass is 9.97. The lowest BCUT2D eigenvalue weighted by Gasteiger charge is -2.32. The molecule has 1 saturated heterocycles. The van der Waals surface area contributed by atoms with Crippen LogP contribution in [0.2, 0.25) is 0 Å². The number of carbonyl (C=O) groups is 2. The molecule has 3 rings (SSSR count). The van der Waals surface area contributed by atoms with E-state index in [9.17, 15) is 18.0 Å². The van der Waals surface area contributed by atoms with Crippen molar-refractivity contribution in [1.82, 2.24) is 14.6 Å². The topological polar surface area (TPSA) is 96.4 Å². The molecule has 1 N–H and O–H groups in total. The zero-order chi connectivity index (χ0) is 18.6. The first-order valence-corrected chi connectivity index (χ1v) is 9.77. The molecule has 1 atom stereocenters. The SMILES string of the molecule is O=C(NS(=O)(=O)c1ccccc1)C1CCCN(C(=O)c2ccncc2)C1. The quantitative estimate of drug-likeness (QED) is 0.875. The summed E-state index contributed by atoms with van der Waals surface area (Å²) >= 11 is 0. The minimum atomic E-state index is -3.91. The minimum absolute atomic E-state index is 0.0360. The number of aromatic nitrogens is 1. The summed E-state index contributed by atoms with van der Waals surface area (Å²) in [6.07, 6.45) is 4.25. The number of piperidine rings is 1. The highest BCUT2D eigenvalue weighted by Crippen LogP contribution is 2.20. The molecule has 1 aliphatic rings. The van der Waals surface area contributed by atoms with Crippen LogP contribution in [-0.2, 0) is 14.8 Å². The standard InChI is InChI=1S/C18H19N3O4S/c22-17(20-26(24,25)16-6-2-1-3-7-16)15-5-4-12-21(13-15)18(23)14-8-10-19-11-9-14/h1-3,6-11,15H,4-5,12-13H2,(H,20,22). The molecule has 0 spiro atoms. The van der Waals surface area contributed by atoms with E-state index in [0.29, 0.717) is 24.9 Å². The molecule has 8 heteroatoms. The third-order valence-electron chi connectivity index (χ3n) is 4.30. The number of hydrogen-bond donors (Lipinski definition) is 1. The van der Waals surface area contributed by atoms with Gasteiger partial charge in [0.15, 0.2) is 0 Å². The monoisotopic (exact) mass is 373 g/mol. The zero-order valence-electron chi connectivity index (χ0n) is 14.0. The number of sulfonamides is 1. The summed E-state index contributed by atoms with van der Waals surface area (Å²) in [6.45, 7) is 0.730. The van der Waals surface area contributed by atoms with Crippen LogP contribution in [0.3, 0.4) is 0 Å². The Hall–Kier alpha value is -2.74. The molecule has 0 bridgehead atoms. The van der Waals surface area contributed by atoms with Gasteiger partial charge in [0.05, 0.1) is 10.8 Å². The zero-order valence-corrected chi connectivity index (χ0v) is 14.9. The van der Waals surface area contributed by atoms with Gasteiger partial charge in [-0.25, -0.2) is 13.1 Å². The summed E-state index contributed by atoms with van der Waals surface area (Å²) in [5, 5.41) is 0. The van der Waals surface area contributed by atoms with Gasteiger partial charge >= 0.3 is 0 Å². The number of carbonyl (C=O) groups excluding carboxylic acids is 2. The van der Waals surface area contributed by atoms with E-state index in [1.165, 1.54) is 24.5 Å². The number of hydrogen-bond acceptors (Lipinski definition) is 5. The second kappa shape index (κ2) is 7.65. The summed E-state index contributed by atoms with van der Waals surface area (Å²) < 4.78 is 26.7. The van der Waals surface area contributed by atoms with E-state index >= 15 is 0 Å². The number of pyridine rings is 1. The minimum Gasteiger partial charge on any atom is -0.338 e. The molecule has 1 aromatic carbocycles. The number of likely N-dealkylation sites (tertiary alicyclic amines) is 1. The van der Waals surface area contributed by atoms with Gasteiger partial charge in [-0.1, -0.05) is 18.2 Å². The molecule has 1 unspecified atom stereocenters. The molecule has 2 aromatic rings. The van der Waals surface area contributed by atoms with Gasteiger partial charge in [-0.15, -0.1) is 0 Å². The highest BCUT2D eigenvalue weighted by atomic mass is 32.2. The van der Waals surface area contributed by atoms with E-state index in [0.717, 1.165) is 0 Å². The van der Waals surface area contributed by atoms with Crippen LogP contribution in [0.15, 0.2) is 59.8 Å². The van der Waals surface area contributed by atoms with Crippen LogP contribution in [0.1, 0.15) is 23.2 Å².